The van der Waals surface area contributed by atoms with E-state index in [4.69, 9.17) is 16.0 Å². The number of anilines is 1. The molecule has 0 unspecified atom stereocenters. The van der Waals surface area contributed by atoms with Crippen molar-refractivity contribution in [3.63, 3.8) is 0 Å². The number of aromatic hydroxyl groups is 1. The van der Waals surface area contributed by atoms with Gasteiger partial charge in [0.2, 0.25) is 11.8 Å². The number of halogens is 1. The summed E-state index contributed by atoms with van der Waals surface area (Å²) < 4.78 is 5.73. The number of oxazole rings is 1. The topological polar surface area (TPSA) is 75.4 Å². The lowest BCUT2D eigenvalue weighted by Crippen LogP contribution is -2.11. The highest BCUT2D eigenvalue weighted by Crippen LogP contribution is 2.36. The number of benzene rings is 2. The van der Waals surface area contributed by atoms with E-state index in [0.29, 0.717) is 39.4 Å². The van der Waals surface area contributed by atoms with Crippen LogP contribution in [-0.4, -0.2) is 16.0 Å². The first-order valence-electron chi connectivity index (χ1n) is 8.18. The van der Waals surface area contributed by atoms with Gasteiger partial charge in [-0.1, -0.05) is 24.9 Å². The van der Waals surface area contributed by atoms with Gasteiger partial charge < -0.3 is 14.8 Å². The minimum absolute atomic E-state index is 0.0535. The predicted octanol–water partition coefficient (Wildman–Crippen LogP) is 5.29. The summed E-state index contributed by atoms with van der Waals surface area (Å²) in [5, 5.41) is 13.8. The number of nitrogens with one attached hydrogen (secondary N) is 1. The predicted molar refractivity (Wildman–Crippen MR) is 99.0 cm³/mol. The summed E-state index contributed by atoms with van der Waals surface area (Å²) in [6.45, 7) is 3.80. The Morgan fingerprint density at radius 2 is 2.12 bits per heavy atom. The van der Waals surface area contributed by atoms with Crippen molar-refractivity contribution in [1.29, 1.82) is 0 Å². The Bertz CT molecular complexity index is 934. The average Bonchev–Trinajstić information content (AvgIpc) is 2.98. The van der Waals surface area contributed by atoms with Gasteiger partial charge in [-0.3, -0.25) is 4.79 Å². The van der Waals surface area contributed by atoms with Crippen LogP contribution in [0, 0.1) is 6.92 Å². The Balaban J connectivity index is 1.98. The number of amides is 1. The van der Waals surface area contributed by atoms with E-state index in [0.717, 1.165) is 12.8 Å². The van der Waals surface area contributed by atoms with E-state index in [9.17, 15) is 9.90 Å². The lowest BCUT2D eigenvalue weighted by atomic mass is 10.1. The maximum atomic E-state index is 12.0. The molecular weight excluding hydrogens is 340 g/mol. The highest BCUT2D eigenvalue weighted by atomic mass is 35.5. The monoisotopic (exact) mass is 358 g/mol. The second kappa shape index (κ2) is 7.15. The maximum absolute atomic E-state index is 12.0. The van der Waals surface area contributed by atoms with E-state index in [1.165, 1.54) is 0 Å². The molecule has 6 heteroatoms. The summed E-state index contributed by atoms with van der Waals surface area (Å²) >= 11 is 5.98. The molecule has 25 heavy (non-hydrogen) atoms. The van der Waals surface area contributed by atoms with Gasteiger partial charge >= 0.3 is 0 Å². The molecule has 0 saturated carbocycles. The van der Waals surface area contributed by atoms with E-state index < -0.39 is 0 Å². The van der Waals surface area contributed by atoms with Crippen LogP contribution in [0.2, 0.25) is 5.02 Å². The van der Waals surface area contributed by atoms with E-state index in [-0.39, 0.29) is 17.5 Å². The number of rotatable bonds is 5. The summed E-state index contributed by atoms with van der Waals surface area (Å²) in [6, 6.07) is 8.54. The molecule has 1 amide bonds. The van der Waals surface area contributed by atoms with Gasteiger partial charge in [-0.2, -0.15) is 0 Å². The van der Waals surface area contributed by atoms with E-state index in [2.05, 4.69) is 10.3 Å². The Labute approximate surface area is 150 Å². The van der Waals surface area contributed by atoms with Gasteiger partial charge in [0.1, 0.15) is 11.3 Å². The van der Waals surface area contributed by atoms with Gasteiger partial charge in [-0.15, -0.1) is 0 Å². The normalized spacial score (nSPS) is 11.0. The van der Waals surface area contributed by atoms with Crippen molar-refractivity contribution in [3.8, 4) is 17.2 Å². The van der Waals surface area contributed by atoms with E-state index >= 15 is 0 Å². The number of aryl methyl sites for hydroxylation is 1. The molecule has 1 heterocycles. The Morgan fingerprint density at radius 1 is 1.32 bits per heavy atom. The van der Waals surface area contributed by atoms with Crippen LogP contribution in [0.15, 0.2) is 34.7 Å². The van der Waals surface area contributed by atoms with Crippen LogP contribution in [0.4, 0.5) is 5.69 Å². The number of phenols is 1. The van der Waals surface area contributed by atoms with Gasteiger partial charge in [0, 0.05) is 17.1 Å². The summed E-state index contributed by atoms with van der Waals surface area (Å²) in [5.41, 5.74) is 2.85. The van der Waals surface area contributed by atoms with Crippen molar-refractivity contribution in [3.05, 3.63) is 40.9 Å². The molecule has 0 atom stereocenters. The second-order valence-corrected chi connectivity index (χ2v) is 6.41. The number of carbonyl (C=O) groups is 1. The van der Waals surface area contributed by atoms with E-state index in [1.807, 2.05) is 6.92 Å². The smallest absolute Gasteiger partial charge is 0.231 e. The van der Waals surface area contributed by atoms with Gasteiger partial charge in [0.05, 0.1) is 5.56 Å². The van der Waals surface area contributed by atoms with E-state index in [1.54, 1.807) is 37.3 Å². The summed E-state index contributed by atoms with van der Waals surface area (Å²) in [6.07, 6.45) is 2.26. The van der Waals surface area contributed by atoms with Crippen molar-refractivity contribution < 1.29 is 14.3 Å². The molecule has 0 saturated heterocycles. The number of fused-ring (bicyclic) bond motifs is 1. The van der Waals surface area contributed by atoms with Crippen LogP contribution in [0.25, 0.3) is 22.6 Å². The third kappa shape index (κ3) is 3.77. The minimum atomic E-state index is -0.0535. The van der Waals surface area contributed by atoms with Crippen LogP contribution < -0.4 is 5.32 Å². The van der Waals surface area contributed by atoms with Crippen molar-refractivity contribution in [2.24, 2.45) is 0 Å². The molecule has 0 aliphatic carbocycles. The lowest BCUT2D eigenvalue weighted by Gasteiger charge is -2.10. The molecule has 2 aromatic carbocycles. The minimum Gasteiger partial charge on any atom is -0.507 e. The maximum Gasteiger partial charge on any atom is 0.231 e. The van der Waals surface area contributed by atoms with Gasteiger partial charge in [0.25, 0.3) is 0 Å². The molecule has 0 radical (unpaired) electrons. The fourth-order valence-electron chi connectivity index (χ4n) is 2.59. The molecule has 0 bridgehead atoms. The zero-order valence-corrected chi connectivity index (χ0v) is 14.9. The first-order chi connectivity index (χ1) is 12.0. The van der Waals surface area contributed by atoms with Gasteiger partial charge in [-0.05, 0) is 49.2 Å². The highest BCUT2D eigenvalue weighted by molar-refractivity contribution is 6.31. The third-order valence-corrected chi connectivity index (χ3v) is 4.16. The zero-order chi connectivity index (χ0) is 18.0. The van der Waals surface area contributed by atoms with Crippen molar-refractivity contribution in [1.82, 2.24) is 4.98 Å². The number of aromatic nitrogens is 1. The fourth-order valence-corrected chi connectivity index (χ4v) is 2.76. The molecule has 1 aromatic heterocycles. The van der Waals surface area contributed by atoms with Crippen LogP contribution in [-0.2, 0) is 4.79 Å². The van der Waals surface area contributed by atoms with Crippen molar-refractivity contribution in [2.45, 2.75) is 33.1 Å². The molecule has 3 aromatic rings. The average molecular weight is 359 g/mol. The standard InChI is InChI=1S/C19H19ClN2O3/c1-3-4-5-17(23)21-13-8-11(2)18(24)14(10-13)19-22-15-9-12(20)6-7-16(15)25-19/h6-10,24H,3-5H2,1-2H3,(H,21,23). The zero-order valence-electron chi connectivity index (χ0n) is 14.1. The second-order valence-electron chi connectivity index (χ2n) is 5.97. The number of nitrogens with zero attached hydrogens (tertiary/aromatic N) is 1. The molecule has 130 valence electrons. The van der Waals surface area contributed by atoms with Crippen LogP contribution >= 0.6 is 11.6 Å². The Kier molecular flexibility index (Phi) is 4.95. The van der Waals surface area contributed by atoms with Crippen LogP contribution in [0.3, 0.4) is 0 Å². The molecule has 2 N–H and O–H groups in total. The van der Waals surface area contributed by atoms with Gasteiger partial charge in [0.15, 0.2) is 5.58 Å². The number of unbranched alkanes of at least 4 members (excludes halogenated alkanes) is 1. The SMILES string of the molecule is CCCCC(=O)Nc1cc(C)c(O)c(-c2nc3cc(Cl)ccc3o2)c1. The molecular formula is C19H19ClN2O3. The first kappa shape index (κ1) is 17.3. The highest BCUT2D eigenvalue weighted by Gasteiger charge is 2.16. The molecule has 0 spiro atoms. The first-order valence-corrected chi connectivity index (χ1v) is 8.55. The van der Waals surface area contributed by atoms with Gasteiger partial charge in [-0.25, -0.2) is 4.98 Å². The molecule has 0 aliphatic heterocycles. The molecule has 0 aliphatic rings. The number of phenolic OH excluding ortho intramolecular Hbond substituents is 1. The fraction of sp³-hybridized carbons (Fsp3) is 0.263. The Morgan fingerprint density at radius 3 is 2.88 bits per heavy atom. The van der Waals surface area contributed by atoms with Crippen LogP contribution in [0.1, 0.15) is 31.7 Å². The number of hydrogen-bond donors (Lipinski definition) is 2. The summed E-state index contributed by atoms with van der Waals surface area (Å²) in [7, 11) is 0. The number of carbonyl (C=O) groups excluding carboxylic acids is 1. The molecule has 0 fully saturated rings. The molecule has 5 nitrogen and oxygen atoms in total. The summed E-state index contributed by atoms with van der Waals surface area (Å²) in [4.78, 5) is 16.4. The van der Waals surface area contributed by atoms with Crippen molar-refractivity contribution in [2.75, 3.05) is 5.32 Å². The largest absolute Gasteiger partial charge is 0.507 e. The Hall–Kier alpha value is -2.53. The number of hydrogen-bond acceptors (Lipinski definition) is 4. The quantitative estimate of drug-likeness (QED) is 0.607. The van der Waals surface area contributed by atoms with Crippen molar-refractivity contribution >= 4 is 34.3 Å². The lowest BCUT2D eigenvalue weighted by molar-refractivity contribution is -0.116. The molecule has 3 rings (SSSR count). The van der Waals surface area contributed by atoms with Crippen LogP contribution in [0.5, 0.6) is 5.75 Å². The summed E-state index contributed by atoms with van der Waals surface area (Å²) in [5.74, 6) is 0.300. The third-order valence-electron chi connectivity index (χ3n) is 3.92.